The van der Waals surface area contributed by atoms with Gasteiger partial charge in [0.15, 0.2) is 0 Å². The number of hydrogen-bond acceptors (Lipinski definition) is 4. The minimum absolute atomic E-state index is 0.0903. The molecule has 0 saturated heterocycles. The van der Waals surface area contributed by atoms with Crippen LogP contribution < -0.4 is 10.6 Å². The molecule has 1 fully saturated rings. The van der Waals surface area contributed by atoms with Gasteiger partial charge in [0.2, 0.25) is 0 Å². The number of carboxylic acid groups (broad SMARTS) is 1. The van der Waals surface area contributed by atoms with Gasteiger partial charge in [-0.2, -0.15) is 15.0 Å². The Morgan fingerprint density at radius 2 is 2.23 bits per heavy atom. The summed E-state index contributed by atoms with van der Waals surface area (Å²) in [5.74, 6) is -0.958. The molecule has 1 heterocycles. The van der Waals surface area contributed by atoms with Crippen molar-refractivity contribution in [3.8, 4) is 0 Å². The van der Waals surface area contributed by atoms with E-state index in [2.05, 4.69) is 20.8 Å². The van der Waals surface area contributed by atoms with Gasteiger partial charge in [-0.15, -0.1) is 0 Å². The van der Waals surface area contributed by atoms with Crippen molar-refractivity contribution >= 4 is 12.0 Å². The molecule has 1 saturated carbocycles. The second kappa shape index (κ2) is 5.94. The van der Waals surface area contributed by atoms with Crippen LogP contribution in [-0.2, 0) is 18.4 Å². The van der Waals surface area contributed by atoms with E-state index in [1.165, 1.54) is 4.80 Å². The molecule has 8 heteroatoms. The van der Waals surface area contributed by atoms with Crippen molar-refractivity contribution in [2.24, 2.45) is 24.3 Å². The molecular formula is C14H23N5O3. The van der Waals surface area contributed by atoms with Crippen molar-refractivity contribution < 1.29 is 14.7 Å². The van der Waals surface area contributed by atoms with Gasteiger partial charge in [0.05, 0.1) is 18.7 Å². The molecule has 0 aromatic carbocycles. The van der Waals surface area contributed by atoms with Gasteiger partial charge in [0.1, 0.15) is 5.69 Å². The first-order chi connectivity index (χ1) is 10.2. The molecule has 0 aliphatic heterocycles. The fourth-order valence-corrected chi connectivity index (χ4v) is 3.22. The molecule has 0 bridgehead atoms. The quantitative estimate of drug-likeness (QED) is 0.743. The minimum atomic E-state index is -0.763. The number of urea groups is 1. The molecule has 1 aliphatic rings. The molecule has 22 heavy (non-hydrogen) atoms. The van der Waals surface area contributed by atoms with Gasteiger partial charge in [-0.3, -0.25) is 4.79 Å². The Hall–Kier alpha value is -2.12. The van der Waals surface area contributed by atoms with Crippen molar-refractivity contribution in [3.63, 3.8) is 0 Å². The largest absolute Gasteiger partial charge is 0.481 e. The summed E-state index contributed by atoms with van der Waals surface area (Å²) in [5.41, 5.74) is 0.365. The van der Waals surface area contributed by atoms with E-state index in [0.717, 1.165) is 0 Å². The summed E-state index contributed by atoms with van der Waals surface area (Å²) >= 11 is 0. The summed E-state index contributed by atoms with van der Waals surface area (Å²) in [5, 5.41) is 22.8. The van der Waals surface area contributed by atoms with Crippen LogP contribution in [0.3, 0.4) is 0 Å². The highest BCUT2D eigenvalue weighted by atomic mass is 16.4. The Morgan fingerprint density at radius 1 is 1.55 bits per heavy atom. The predicted octanol–water partition coefficient (Wildman–Crippen LogP) is 0.750. The van der Waals surface area contributed by atoms with Crippen LogP contribution in [0.15, 0.2) is 6.20 Å². The zero-order valence-corrected chi connectivity index (χ0v) is 13.3. The van der Waals surface area contributed by atoms with Crippen molar-refractivity contribution in [1.29, 1.82) is 0 Å². The maximum Gasteiger partial charge on any atom is 0.315 e. The number of aryl methyl sites for hydroxylation is 1. The third kappa shape index (κ3) is 3.20. The van der Waals surface area contributed by atoms with Gasteiger partial charge in [0.25, 0.3) is 0 Å². The average molecular weight is 309 g/mol. The summed E-state index contributed by atoms with van der Waals surface area (Å²) in [6, 6.07) is -0.375. The van der Waals surface area contributed by atoms with Gasteiger partial charge in [-0.1, -0.05) is 13.8 Å². The van der Waals surface area contributed by atoms with E-state index >= 15 is 0 Å². The molecular weight excluding hydrogens is 286 g/mol. The molecule has 0 spiro atoms. The lowest BCUT2D eigenvalue weighted by molar-refractivity contribution is -0.160. The van der Waals surface area contributed by atoms with Gasteiger partial charge in [-0.25, -0.2) is 4.79 Å². The molecule has 1 aromatic rings. The topological polar surface area (TPSA) is 109 Å². The van der Waals surface area contributed by atoms with E-state index in [1.54, 1.807) is 13.2 Å². The number of hydrogen-bond donors (Lipinski definition) is 3. The number of carbonyl (C=O) groups is 2. The first-order valence-corrected chi connectivity index (χ1v) is 7.34. The maximum atomic E-state index is 11.9. The number of aliphatic carboxylic acids is 1. The summed E-state index contributed by atoms with van der Waals surface area (Å²) in [7, 11) is 1.71. The maximum absolute atomic E-state index is 11.9. The highest BCUT2D eigenvalue weighted by Crippen LogP contribution is 2.52. The molecule has 1 aliphatic carbocycles. The van der Waals surface area contributed by atoms with Crippen molar-refractivity contribution in [1.82, 2.24) is 25.6 Å². The SMILES string of the molecule is CC(NC(=O)NCc1cnn(C)n1)[C@@H]1C[C@H](C(=O)O)C1(C)C. The summed E-state index contributed by atoms with van der Waals surface area (Å²) in [6.45, 7) is 6.09. The van der Waals surface area contributed by atoms with E-state index in [1.807, 2.05) is 20.8 Å². The van der Waals surface area contributed by atoms with Crippen LogP contribution in [0.5, 0.6) is 0 Å². The van der Waals surface area contributed by atoms with Crippen LogP contribution in [-0.4, -0.2) is 38.1 Å². The zero-order chi connectivity index (χ0) is 16.5. The van der Waals surface area contributed by atoms with Crippen LogP contribution in [0.1, 0.15) is 32.9 Å². The lowest BCUT2D eigenvalue weighted by Gasteiger charge is -2.52. The second-order valence-corrected chi connectivity index (χ2v) is 6.50. The van der Waals surface area contributed by atoms with Crippen LogP contribution in [0.25, 0.3) is 0 Å². The van der Waals surface area contributed by atoms with Crippen molar-refractivity contribution in [3.05, 3.63) is 11.9 Å². The van der Waals surface area contributed by atoms with E-state index in [0.29, 0.717) is 18.7 Å². The average Bonchev–Trinajstić information content (AvgIpc) is 2.80. The lowest BCUT2D eigenvalue weighted by atomic mass is 9.53. The molecule has 3 N–H and O–H groups in total. The summed E-state index contributed by atoms with van der Waals surface area (Å²) in [6.07, 6.45) is 2.18. The monoisotopic (exact) mass is 309 g/mol. The standard InChI is InChI=1S/C14H23N5O3/c1-8(10-5-11(12(20)21)14(10,2)3)17-13(22)15-6-9-7-16-19(4)18-9/h7-8,10-11H,5-6H2,1-4H3,(H,20,21)(H2,15,17,22)/t8?,10-,11+/m0/s1. The minimum Gasteiger partial charge on any atom is -0.481 e. The number of amides is 2. The fourth-order valence-electron chi connectivity index (χ4n) is 3.22. The molecule has 3 atom stereocenters. The van der Waals surface area contributed by atoms with Crippen LogP contribution in [0.4, 0.5) is 4.79 Å². The van der Waals surface area contributed by atoms with E-state index < -0.39 is 5.97 Å². The molecule has 2 amide bonds. The highest BCUT2D eigenvalue weighted by Gasteiger charge is 2.53. The Kier molecular flexibility index (Phi) is 4.39. The van der Waals surface area contributed by atoms with E-state index in [-0.39, 0.29) is 29.3 Å². The normalized spacial score (nSPS) is 24.2. The van der Waals surface area contributed by atoms with E-state index in [4.69, 9.17) is 5.11 Å². The summed E-state index contributed by atoms with van der Waals surface area (Å²) in [4.78, 5) is 24.5. The molecule has 0 radical (unpaired) electrons. The molecule has 122 valence electrons. The van der Waals surface area contributed by atoms with Gasteiger partial charge < -0.3 is 15.7 Å². The number of carboxylic acids is 1. The molecule has 1 unspecified atom stereocenters. The second-order valence-electron chi connectivity index (χ2n) is 6.50. The summed E-state index contributed by atoms with van der Waals surface area (Å²) < 4.78 is 0. The first kappa shape index (κ1) is 16.3. The Labute approximate surface area is 129 Å². The van der Waals surface area contributed by atoms with E-state index in [9.17, 15) is 9.59 Å². The smallest absolute Gasteiger partial charge is 0.315 e. The van der Waals surface area contributed by atoms with Crippen molar-refractivity contribution in [2.45, 2.75) is 39.8 Å². The van der Waals surface area contributed by atoms with Gasteiger partial charge in [-0.05, 0) is 24.7 Å². The van der Waals surface area contributed by atoms with Crippen LogP contribution in [0.2, 0.25) is 0 Å². The van der Waals surface area contributed by atoms with Crippen LogP contribution >= 0.6 is 0 Å². The van der Waals surface area contributed by atoms with Gasteiger partial charge in [0, 0.05) is 13.1 Å². The number of carbonyl (C=O) groups excluding carboxylic acids is 1. The number of rotatable bonds is 5. The Morgan fingerprint density at radius 3 is 2.73 bits per heavy atom. The first-order valence-electron chi connectivity index (χ1n) is 7.34. The Bertz CT molecular complexity index is 569. The third-order valence-corrected chi connectivity index (χ3v) is 4.68. The molecule has 1 aromatic heterocycles. The number of aromatic nitrogens is 3. The number of nitrogens with zero attached hydrogens (tertiary/aromatic N) is 3. The number of nitrogens with one attached hydrogen (secondary N) is 2. The fraction of sp³-hybridized carbons (Fsp3) is 0.714. The zero-order valence-electron chi connectivity index (χ0n) is 13.3. The molecule has 2 rings (SSSR count). The Balaban J connectivity index is 1.81. The van der Waals surface area contributed by atoms with Crippen LogP contribution in [0, 0.1) is 17.3 Å². The highest BCUT2D eigenvalue weighted by molar-refractivity contribution is 5.75. The molecule has 8 nitrogen and oxygen atoms in total. The van der Waals surface area contributed by atoms with Crippen molar-refractivity contribution in [2.75, 3.05) is 0 Å². The predicted molar refractivity (Wildman–Crippen MR) is 78.9 cm³/mol. The lowest BCUT2D eigenvalue weighted by Crippen LogP contribution is -2.57. The van der Waals surface area contributed by atoms with Gasteiger partial charge >= 0.3 is 12.0 Å². The third-order valence-electron chi connectivity index (χ3n) is 4.68.